The first kappa shape index (κ1) is 20.5. The minimum Gasteiger partial charge on any atom is -0.507 e. The molecule has 7 nitrogen and oxygen atoms in total. The molecule has 164 valence electrons. The van der Waals surface area contributed by atoms with Gasteiger partial charge < -0.3 is 19.3 Å². The maximum atomic E-state index is 13.6. The van der Waals surface area contributed by atoms with Crippen molar-refractivity contribution >= 4 is 21.8 Å². The van der Waals surface area contributed by atoms with Crippen LogP contribution in [0, 0.1) is 0 Å². The second-order valence-corrected chi connectivity index (χ2v) is 8.01. The lowest BCUT2D eigenvalue weighted by atomic mass is 9.84. The van der Waals surface area contributed by atoms with Crippen LogP contribution >= 0.6 is 0 Å². The van der Waals surface area contributed by atoms with Gasteiger partial charge >= 0.3 is 0 Å². The summed E-state index contributed by atoms with van der Waals surface area (Å²) in [6, 6.07) is 17.4. The van der Waals surface area contributed by atoms with Crippen molar-refractivity contribution in [3.05, 3.63) is 110 Å². The van der Waals surface area contributed by atoms with E-state index in [2.05, 4.69) is 4.98 Å². The maximum Gasteiger partial charge on any atom is 0.258 e. The van der Waals surface area contributed by atoms with E-state index in [1.807, 2.05) is 0 Å². The van der Waals surface area contributed by atoms with Crippen LogP contribution in [0.5, 0.6) is 11.5 Å². The molecule has 0 spiro atoms. The Morgan fingerprint density at radius 3 is 1.67 bits per heavy atom. The van der Waals surface area contributed by atoms with Crippen LogP contribution in [-0.4, -0.2) is 24.3 Å². The SMILES string of the molecule is Cn1c(=O)c(C(c2cccnc2)c2c(O)c3ccccc3n(C)c2=O)c(O)c2ccccc21. The average molecular weight is 439 g/mol. The van der Waals surface area contributed by atoms with E-state index in [-0.39, 0.29) is 22.6 Å². The van der Waals surface area contributed by atoms with Crippen molar-refractivity contribution in [1.82, 2.24) is 14.1 Å². The van der Waals surface area contributed by atoms with Gasteiger partial charge in [-0.3, -0.25) is 14.6 Å². The molecule has 33 heavy (non-hydrogen) atoms. The third kappa shape index (κ3) is 3.01. The fourth-order valence-corrected chi connectivity index (χ4v) is 4.55. The predicted octanol–water partition coefficient (Wildman–Crippen LogP) is 3.38. The van der Waals surface area contributed by atoms with Gasteiger partial charge in [0.25, 0.3) is 11.1 Å². The molecule has 0 saturated carbocycles. The Labute approximate surface area is 188 Å². The van der Waals surface area contributed by atoms with E-state index in [4.69, 9.17) is 0 Å². The highest BCUT2D eigenvalue weighted by Crippen LogP contribution is 2.41. The average Bonchev–Trinajstić information content (AvgIpc) is 2.85. The van der Waals surface area contributed by atoms with Gasteiger partial charge in [-0.25, -0.2) is 0 Å². The van der Waals surface area contributed by atoms with E-state index in [1.165, 1.54) is 15.3 Å². The number of pyridine rings is 3. The summed E-state index contributed by atoms with van der Waals surface area (Å²) in [6.07, 6.45) is 3.12. The lowest BCUT2D eigenvalue weighted by Gasteiger charge is -2.22. The van der Waals surface area contributed by atoms with Crippen molar-refractivity contribution in [2.75, 3.05) is 0 Å². The minimum atomic E-state index is -1.04. The smallest absolute Gasteiger partial charge is 0.258 e. The lowest BCUT2D eigenvalue weighted by Crippen LogP contribution is -2.30. The summed E-state index contributed by atoms with van der Waals surface area (Å²) in [6.45, 7) is 0. The molecule has 0 aliphatic rings. The Kier molecular flexibility index (Phi) is 4.74. The van der Waals surface area contributed by atoms with Gasteiger partial charge in [0.2, 0.25) is 0 Å². The Balaban J connectivity index is 1.97. The van der Waals surface area contributed by atoms with E-state index in [1.54, 1.807) is 81.0 Å². The number of rotatable bonds is 3. The van der Waals surface area contributed by atoms with Crippen LogP contribution in [0.1, 0.15) is 22.6 Å². The number of aromatic hydroxyl groups is 2. The number of fused-ring (bicyclic) bond motifs is 2. The first-order valence-electron chi connectivity index (χ1n) is 10.4. The molecule has 0 saturated heterocycles. The van der Waals surface area contributed by atoms with Gasteiger partial charge in [0.1, 0.15) is 11.5 Å². The zero-order valence-corrected chi connectivity index (χ0v) is 18.1. The van der Waals surface area contributed by atoms with Crippen molar-refractivity contribution in [1.29, 1.82) is 0 Å². The minimum absolute atomic E-state index is 0.00637. The fourth-order valence-electron chi connectivity index (χ4n) is 4.55. The highest BCUT2D eigenvalue weighted by Gasteiger charge is 2.32. The zero-order valence-electron chi connectivity index (χ0n) is 18.1. The van der Waals surface area contributed by atoms with Crippen LogP contribution in [0.25, 0.3) is 21.8 Å². The number of nitrogens with zero attached hydrogens (tertiary/aromatic N) is 3. The Morgan fingerprint density at radius 2 is 1.21 bits per heavy atom. The van der Waals surface area contributed by atoms with E-state index in [0.29, 0.717) is 27.4 Å². The van der Waals surface area contributed by atoms with Crippen molar-refractivity contribution in [3.63, 3.8) is 0 Å². The monoisotopic (exact) mass is 439 g/mol. The Hall–Kier alpha value is -4.39. The lowest BCUT2D eigenvalue weighted by molar-refractivity contribution is 0.460. The second-order valence-electron chi connectivity index (χ2n) is 8.01. The Morgan fingerprint density at radius 1 is 0.727 bits per heavy atom. The first-order valence-corrected chi connectivity index (χ1v) is 10.4. The number of aryl methyl sites for hydroxylation is 2. The summed E-state index contributed by atoms with van der Waals surface area (Å²) >= 11 is 0. The van der Waals surface area contributed by atoms with Gasteiger partial charge in [-0.1, -0.05) is 30.3 Å². The van der Waals surface area contributed by atoms with Crippen LogP contribution < -0.4 is 11.1 Å². The molecule has 2 aromatic carbocycles. The molecule has 3 aromatic heterocycles. The topological polar surface area (TPSA) is 97.4 Å². The molecule has 2 N–H and O–H groups in total. The summed E-state index contributed by atoms with van der Waals surface area (Å²) in [7, 11) is 3.23. The van der Waals surface area contributed by atoms with Crippen molar-refractivity contribution in [2.45, 2.75) is 5.92 Å². The number of benzene rings is 2. The van der Waals surface area contributed by atoms with E-state index in [9.17, 15) is 19.8 Å². The predicted molar refractivity (Wildman–Crippen MR) is 127 cm³/mol. The molecular weight excluding hydrogens is 418 g/mol. The maximum absolute atomic E-state index is 13.6. The van der Waals surface area contributed by atoms with Crippen LogP contribution in [0.4, 0.5) is 0 Å². The standard InChI is InChI=1S/C26H21N3O4/c1-28-18-11-5-3-9-16(18)23(30)21(25(28)32)20(15-8-7-13-27-14-15)22-24(31)17-10-4-6-12-19(17)29(2)26(22)33/h3-14,20,30-31H,1-2H3. The molecular formula is C26H21N3O4. The molecule has 0 amide bonds. The van der Waals surface area contributed by atoms with Gasteiger partial charge in [0.15, 0.2) is 0 Å². The van der Waals surface area contributed by atoms with Crippen molar-refractivity contribution < 1.29 is 10.2 Å². The molecule has 7 heteroatoms. The summed E-state index contributed by atoms with van der Waals surface area (Å²) in [4.78, 5) is 31.3. The van der Waals surface area contributed by atoms with E-state index < -0.39 is 17.0 Å². The van der Waals surface area contributed by atoms with Gasteiger partial charge in [-0.05, 0) is 35.9 Å². The third-order valence-corrected chi connectivity index (χ3v) is 6.22. The molecule has 0 unspecified atom stereocenters. The summed E-state index contributed by atoms with van der Waals surface area (Å²) in [5.74, 6) is -1.49. The normalized spacial score (nSPS) is 11.5. The molecule has 5 aromatic rings. The van der Waals surface area contributed by atoms with E-state index >= 15 is 0 Å². The molecule has 0 aliphatic carbocycles. The fraction of sp³-hybridized carbons (Fsp3) is 0.115. The first-order chi connectivity index (χ1) is 15.9. The highest BCUT2D eigenvalue weighted by atomic mass is 16.3. The molecule has 0 aliphatic heterocycles. The van der Waals surface area contributed by atoms with Gasteiger partial charge in [-0.15, -0.1) is 0 Å². The summed E-state index contributed by atoms with van der Waals surface area (Å²) in [5, 5.41) is 23.5. The summed E-state index contributed by atoms with van der Waals surface area (Å²) < 4.78 is 2.88. The molecule has 3 heterocycles. The number of aromatic nitrogens is 3. The molecule has 0 radical (unpaired) electrons. The van der Waals surface area contributed by atoms with Crippen LogP contribution in [0.15, 0.2) is 82.6 Å². The number of hydrogen-bond donors (Lipinski definition) is 2. The van der Waals surface area contributed by atoms with Crippen LogP contribution in [-0.2, 0) is 14.1 Å². The summed E-state index contributed by atoms with van der Waals surface area (Å²) in [5.41, 5.74) is 0.708. The number of para-hydroxylation sites is 2. The van der Waals surface area contributed by atoms with Gasteiger partial charge in [0, 0.05) is 37.3 Å². The molecule has 0 fully saturated rings. The van der Waals surface area contributed by atoms with Crippen molar-refractivity contribution in [2.24, 2.45) is 14.1 Å². The molecule has 0 bridgehead atoms. The number of hydrogen-bond acceptors (Lipinski definition) is 5. The Bertz CT molecular complexity index is 1550. The van der Waals surface area contributed by atoms with Crippen LogP contribution in [0.2, 0.25) is 0 Å². The molecule has 5 rings (SSSR count). The van der Waals surface area contributed by atoms with E-state index in [0.717, 1.165) is 0 Å². The molecule has 0 atom stereocenters. The third-order valence-electron chi connectivity index (χ3n) is 6.22. The highest BCUT2D eigenvalue weighted by molar-refractivity contribution is 5.89. The van der Waals surface area contributed by atoms with Gasteiger partial charge in [-0.2, -0.15) is 0 Å². The largest absolute Gasteiger partial charge is 0.507 e. The van der Waals surface area contributed by atoms with Crippen LogP contribution in [0.3, 0.4) is 0 Å². The zero-order chi connectivity index (χ0) is 23.3. The second kappa shape index (κ2) is 7.63. The quantitative estimate of drug-likeness (QED) is 0.449. The van der Waals surface area contributed by atoms with Crippen molar-refractivity contribution in [3.8, 4) is 11.5 Å². The van der Waals surface area contributed by atoms with Gasteiger partial charge in [0.05, 0.1) is 28.1 Å².